The first-order chi connectivity index (χ1) is 9.24. The first-order valence-electron chi connectivity index (χ1n) is 6.79. The number of aromatic nitrogens is 1. The molecule has 2 aromatic rings. The number of hydrogen-bond donors (Lipinski definition) is 2. The molecule has 1 heterocycles. The minimum Gasteiger partial charge on any atom is -0.507 e. The van der Waals surface area contributed by atoms with E-state index < -0.39 is 11.4 Å². The fourth-order valence-electron chi connectivity index (χ4n) is 2.49. The second-order valence-electron chi connectivity index (χ2n) is 6.19. The number of aliphatic carboxylic acids is 1. The molecule has 0 amide bonds. The molecule has 0 saturated carbocycles. The highest BCUT2D eigenvalue weighted by atomic mass is 16.4. The number of hydrogen-bond acceptors (Lipinski definition) is 2. The Hall–Kier alpha value is -1.97. The van der Waals surface area contributed by atoms with E-state index in [0.717, 1.165) is 16.5 Å². The molecule has 0 fully saturated rings. The van der Waals surface area contributed by atoms with Gasteiger partial charge in [-0.1, -0.05) is 6.07 Å². The lowest BCUT2D eigenvalue weighted by molar-refractivity contribution is -0.146. The number of phenols is 1. The topological polar surface area (TPSA) is 62.5 Å². The summed E-state index contributed by atoms with van der Waals surface area (Å²) in [7, 11) is 0. The van der Waals surface area contributed by atoms with Crippen LogP contribution < -0.4 is 0 Å². The second-order valence-corrected chi connectivity index (χ2v) is 6.19. The Bertz CT molecular complexity index is 653. The van der Waals surface area contributed by atoms with E-state index in [4.69, 9.17) is 0 Å². The summed E-state index contributed by atoms with van der Waals surface area (Å²) in [5.41, 5.74) is 0.952. The van der Waals surface area contributed by atoms with Gasteiger partial charge in [0.15, 0.2) is 0 Å². The van der Waals surface area contributed by atoms with E-state index in [-0.39, 0.29) is 11.8 Å². The molecule has 108 valence electrons. The Morgan fingerprint density at radius 3 is 2.55 bits per heavy atom. The lowest BCUT2D eigenvalue weighted by Gasteiger charge is -2.18. The van der Waals surface area contributed by atoms with Crippen molar-refractivity contribution in [2.75, 3.05) is 0 Å². The van der Waals surface area contributed by atoms with Gasteiger partial charge in [0.1, 0.15) is 5.75 Å². The SMILES string of the molecule is CC(C)n1cc(CC(C)(C)C(=O)O)c2c(O)cccc21. The van der Waals surface area contributed by atoms with Crippen LogP contribution in [-0.2, 0) is 11.2 Å². The Kier molecular flexibility index (Phi) is 3.50. The van der Waals surface area contributed by atoms with Crippen molar-refractivity contribution < 1.29 is 15.0 Å². The number of rotatable bonds is 4. The van der Waals surface area contributed by atoms with E-state index in [1.54, 1.807) is 19.9 Å². The number of carboxylic acid groups (broad SMARTS) is 1. The summed E-state index contributed by atoms with van der Waals surface area (Å²) in [4.78, 5) is 11.3. The van der Waals surface area contributed by atoms with Gasteiger partial charge in [0.25, 0.3) is 0 Å². The van der Waals surface area contributed by atoms with Crippen LogP contribution in [0.4, 0.5) is 0 Å². The average Bonchev–Trinajstić information content (AvgIpc) is 2.68. The maximum Gasteiger partial charge on any atom is 0.309 e. The molecular weight excluding hydrogens is 254 g/mol. The van der Waals surface area contributed by atoms with Crippen LogP contribution in [-0.4, -0.2) is 20.7 Å². The molecule has 4 heteroatoms. The fourth-order valence-corrected chi connectivity index (χ4v) is 2.49. The van der Waals surface area contributed by atoms with Gasteiger partial charge >= 0.3 is 5.97 Å². The van der Waals surface area contributed by atoms with E-state index in [0.29, 0.717) is 6.42 Å². The van der Waals surface area contributed by atoms with Crippen LogP contribution in [0.25, 0.3) is 10.9 Å². The number of aromatic hydroxyl groups is 1. The molecule has 2 N–H and O–H groups in total. The van der Waals surface area contributed by atoms with Gasteiger partial charge in [0.05, 0.1) is 10.9 Å². The van der Waals surface area contributed by atoms with Crippen LogP contribution in [0.5, 0.6) is 5.75 Å². The molecule has 0 atom stereocenters. The summed E-state index contributed by atoms with van der Waals surface area (Å²) in [5.74, 6) is -0.628. The van der Waals surface area contributed by atoms with Gasteiger partial charge in [-0.25, -0.2) is 0 Å². The van der Waals surface area contributed by atoms with Crippen LogP contribution in [0.15, 0.2) is 24.4 Å². The Balaban J connectivity index is 2.62. The molecule has 1 aromatic heterocycles. The smallest absolute Gasteiger partial charge is 0.309 e. The molecule has 2 rings (SSSR count). The third-order valence-corrected chi connectivity index (χ3v) is 3.68. The van der Waals surface area contributed by atoms with Gasteiger partial charge in [-0.05, 0) is 51.8 Å². The monoisotopic (exact) mass is 275 g/mol. The summed E-state index contributed by atoms with van der Waals surface area (Å²) >= 11 is 0. The number of benzene rings is 1. The van der Waals surface area contributed by atoms with Crippen LogP contribution in [0, 0.1) is 5.41 Å². The second kappa shape index (κ2) is 4.85. The third kappa shape index (κ3) is 2.38. The molecule has 0 aliphatic heterocycles. The quantitative estimate of drug-likeness (QED) is 0.896. The van der Waals surface area contributed by atoms with E-state index in [2.05, 4.69) is 18.4 Å². The Morgan fingerprint density at radius 2 is 2.00 bits per heavy atom. The molecule has 20 heavy (non-hydrogen) atoms. The highest BCUT2D eigenvalue weighted by molar-refractivity contribution is 5.90. The molecule has 0 bridgehead atoms. The van der Waals surface area contributed by atoms with Crippen LogP contribution in [0.3, 0.4) is 0 Å². The minimum absolute atomic E-state index is 0.207. The highest BCUT2D eigenvalue weighted by Crippen LogP contribution is 2.35. The maximum absolute atomic E-state index is 11.3. The molecule has 4 nitrogen and oxygen atoms in total. The lowest BCUT2D eigenvalue weighted by Crippen LogP contribution is -2.26. The molecule has 0 unspecified atom stereocenters. The van der Waals surface area contributed by atoms with Crippen LogP contribution >= 0.6 is 0 Å². The van der Waals surface area contributed by atoms with Crippen molar-refractivity contribution >= 4 is 16.9 Å². The predicted octanol–water partition coefficient (Wildman–Crippen LogP) is 3.58. The molecule has 0 spiro atoms. The first-order valence-corrected chi connectivity index (χ1v) is 6.79. The predicted molar refractivity (Wildman–Crippen MR) is 79.1 cm³/mol. The van der Waals surface area contributed by atoms with Crippen molar-refractivity contribution in [2.24, 2.45) is 5.41 Å². The van der Waals surface area contributed by atoms with Gasteiger partial charge in [-0.2, -0.15) is 0 Å². The molecule has 0 aliphatic carbocycles. The summed E-state index contributed by atoms with van der Waals surface area (Å²) < 4.78 is 2.07. The zero-order valence-electron chi connectivity index (χ0n) is 12.3. The standard InChI is InChI=1S/C16H21NO3/c1-10(2)17-9-11(8-16(3,4)15(19)20)14-12(17)6-5-7-13(14)18/h5-7,9-10,18H,8H2,1-4H3,(H,19,20). The zero-order chi connectivity index (χ0) is 15.1. The van der Waals surface area contributed by atoms with Gasteiger partial charge < -0.3 is 14.8 Å². The Morgan fingerprint density at radius 1 is 1.35 bits per heavy atom. The molecule has 0 radical (unpaired) electrons. The molecule has 1 aromatic carbocycles. The van der Waals surface area contributed by atoms with Crippen LogP contribution in [0.1, 0.15) is 39.3 Å². The molecular formula is C16H21NO3. The van der Waals surface area contributed by atoms with Crippen molar-refractivity contribution in [3.8, 4) is 5.75 Å². The number of carbonyl (C=O) groups is 1. The van der Waals surface area contributed by atoms with Gasteiger partial charge in [0.2, 0.25) is 0 Å². The van der Waals surface area contributed by atoms with E-state index in [1.807, 2.05) is 18.3 Å². The van der Waals surface area contributed by atoms with E-state index in [9.17, 15) is 15.0 Å². The number of nitrogens with zero attached hydrogens (tertiary/aromatic N) is 1. The summed E-state index contributed by atoms with van der Waals surface area (Å²) in [6, 6.07) is 5.65. The van der Waals surface area contributed by atoms with Gasteiger partial charge in [-0.15, -0.1) is 0 Å². The summed E-state index contributed by atoms with van der Waals surface area (Å²) in [6.45, 7) is 7.53. The van der Waals surface area contributed by atoms with Crippen molar-refractivity contribution in [3.05, 3.63) is 30.0 Å². The molecule has 0 saturated heterocycles. The number of phenolic OH excluding ortho intramolecular Hbond substituents is 1. The fraction of sp³-hybridized carbons (Fsp3) is 0.438. The van der Waals surface area contributed by atoms with Crippen molar-refractivity contribution in [1.82, 2.24) is 4.57 Å². The van der Waals surface area contributed by atoms with Crippen LogP contribution in [0.2, 0.25) is 0 Å². The van der Waals surface area contributed by atoms with E-state index >= 15 is 0 Å². The van der Waals surface area contributed by atoms with Crippen molar-refractivity contribution in [1.29, 1.82) is 0 Å². The first kappa shape index (κ1) is 14.4. The number of fused-ring (bicyclic) bond motifs is 1. The third-order valence-electron chi connectivity index (χ3n) is 3.68. The molecule has 0 aliphatic rings. The average molecular weight is 275 g/mol. The van der Waals surface area contributed by atoms with Gasteiger partial charge in [-0.3, -0.25) is 4.79 Å². The van der Waals surface area contributed by atoms with Gasteiger partial charge in [0, 0.05) is 17.6 Å². The van der Waals surface area contributed by atoms with Crippen molar-refractivity contribution in [2.45, 2.75) is 40.2 Å². The Labute approximate surface area is 118 Å². The van der Waals surface area contributed by atoms with Crippen molar-refractivity contribution in [3.63, 3.8) is 0 Å². The minimum atomic E-state index is -0.863. The zero-order valence-corrected chi connectivity index (χ0v) is 12.3. The highest BCUT2D eigenvalue weighted by Gasteiger charge is 2.29. The number of carboxylic acids is 1. The maximum atomic E-state index is 11.3. The summed E-state index contributed by atoms with van der Waals surface area (Å²) in [6.07, 6.45) is 2.34. The summed E-state index contributed by atoms with van der Waals surface area (Å²) in [5, 5.41) is 20.2. The van der Waals surface area contributed by atoms with E-state index in [1.165, 1.54) is 0 Å². The largest absolute Gasteiger partial charge is 0.507 e. The normalized spacial score (nSPS) is 12.2. The lowest BCUT2D eigenvalue weighted by atomic mass is 9.86.